The lowest BCUT2D eigenvalue weighted by Gasteiger charge is -2.22. The number of anilines is 2. The van der Waals surface area contributed by atoms with Gasteiger partial charge >= 0.3 is 5.97 Å². The summed E-state index contributed by atoms with van der Waals surface area (Å²) in [6, 6.07) is 6.94. The topological polar surface area (TPSA) is 154 Å². The van der Waals surface area contributed by atoms with Crippen LogP contribution in [0.1, 0.15) is 19.8 Å². The van der Waals surface area contributed by atoms with Crippen LogP contribution in [0.4, 0.5) is 11.6 Å². The summed E-state index contributed by atoms with van der Waals surface area (Å²) in [5, 5.41) is 23.3. The Kier molecular flexibility index (Phi) is 10.9. The number of carbonyl (C=O) groups is 3. The average Bonchev–Trinajstić information content (AvgIpc) is 3.09. The van der Waals surface area contributed by atoms with Gasteiger partial charge in [-0.05, 0) is 25.5 Å². The molecule has 0 radical (unpaired) electrons. The number of carbonyl (C=O) groups excluding carboxylic acids is 2. The number of aromatic nitrogens is 1. The second kappa shape index (κ2) is 13.6. The number of ether oxygens (including phenoxy) is 2. The van der Waals surface area contributed by atoms with Crippen LogP contribution in [0.3, 0.4) is 0 Å². The molecule has 33 heavy (non-hydrogen) atoms. The highest BCUT2D eigenvalue weighted by Gasteiger charge is 2.40. The lowest BCUT2D eigenvalue weighted by molar-refractivity contribution is -0.141. The number of pyridine rings is 1. The molecule has 2 rings (SSSR count). The zero-order valence-electron chi connectivity index (χ0n) is 18.7. The predicted octanol–water partition coefficient (Wildman–Crippen LogP) is 1.39. The Balaban J connectivity index is 1.84. The lowest BCUT2D eigenvalue weighted by Crippen LogP contribution is -2.36. The van der Waals surface area contributed by atoms with Crippen LogP contribution in [0.25, 0.3) is 0 Å². The minimum atomic E-state index is -1.17. The molecule has 180 valence electrons. The summed E-state index contributed by atoms with van der Waals surface area (Å²) in [7, 11) is 1.55. The van der Waals surface area contributed by atoms with Gasteiger partial charge in [-0.2, -0.15) is 5.26 Å². The molecule has 1 aromatic rings. The molecule has 3 unspecified atom stereocenters. The van der Waals surface area contributed by atoms with E-state index in [9.17, 15) is 14.4 Å². The first-order valence-corrected chi connectivity index (χ1v) is 11.5. The fraction of sp³-hybridized carbons (Fsp3) is 0.571. The highest BCUT2D eigenvalue weighted by atomic mass is 32.2. The molecular formula is C21H29N5O6S. The summed E-state index contributed by atoms with van der Waals surface area (Å²) in [4.78, 5) is 41.7. The SMILES string of the molecule is CCN1C(=O)C(CCNc2cccc(NC(=O)COCCOC)n2)SC1CC(C#N)C(=O)O. The van der Waals surface area contributed by atoms with Crippen molar-refractivity contribution in [3.05, 3.63) is 18.2 Å². The Morgan fingerprint density at radius 1 is 1.36 bits per heavy atom. The van der Waals surface area contributed by atoms with Gasteiger partial charge in [0.15, 0.2) is 0 Å². The summed E-state index contributed by atoms with van der Waals surface area (Å²) >= 11 is 1.39. The van der Waals surface area contributed by atoms with E-state index in [1.807, 2.05) is 6.92 Å². The maximum absolute atomic E-state index is 12.7. The number of rotatable bonds is 14. The molecule has 0 aromatic carbocycles. The van der Waals surface area contributed by atoms with E-state index in [0.29, 0.717) is 44.4 Å². The maximum Gasteiger partial charge on any atom is 0.321 e. The number of hydrogen-bond acceptors (Lipinski definition) is 9. The van der Waals surface area contributed by atoms with Gasteiger partial charge < -0.3 is 30.1 Å². The number of nitrogens with one attached hydrogen (secondary N) is 2. The third-order valence-corrected chi connectivity index (χ3v) is 6.38. The molecule has 1 fully saturated rings. The molecule has 1 aromatic heterocycles. The largest absolute Gasteiger partial charge is 0.480 e. The number of nitriles is 1. The van der Waals surface area contributed by atoms with Crippen LogP contribution in [-0.4, -0.2) is 83.4 Å². The van der Waals surface area contributed by atoms with E-state index in [1.165, 1.54) is 11.8 Å². The molecule has 12 heteroatoms. The summed E-state index contributed by atoms with van der Waals surface area (Å²) in [6.07, 6.45) is 0.602. The van der Waals surface area contributed by atoms with Crippen LogP contribution in [0.15, 0.2) is 18.2 Å². The number of nitrogens with zero attached hydrogens (tertiary/aromatic N) is 3. The van der Waals surface area contributed by atoms with E-state index in [0.717, 1.165) is 0 Å². The Bertz CT molecular complexity index is 864. The molecule has 2 heterocycles. The number of carboxylic acid groups (broad SMARTS) is 1. The van der Waals surface area contributed by atoms with E-state index in [-0.39, 0.29) is 35.5 Å². The Labute approximate surface area is 196 Å². The van der Waals surface area contributed by atoms with Crippen LogP contribution in [-0.2, 0) is 23.9 Å². The van der Waals surface area contributed by atoms with Crippen LogP contribution < -0.4 is 10.6 Å². The first-order chi connectivity index (χ1) is 15.9. The molecule has 2 amide bonds. The van der Waals surface area contributed by atoms with Crippen molar-refractivity contribution in [1.29, 1.82) is 5.26 Å². The lowest BCUT2D eigenvalue weighted by atomic mass is 10.1. The van der Waals surface area contributed by atoms with Crippen LogP contribution in [0.5, 0.6) is 0 Å². The second-order valence-electron chi connectivity index (χ2n) is 7.18. The molecule has 1 aliphatic rings. The van der Waals surface area contributed by atoms with Crippen molar-refractivity contribution in [3.8, 4) is 6.07 Å². The Morgan fingerprint density at radius 3 is 2.79 bits per heavy atom. The number of methoxy groups -OCH3 is 1. The second-order valence-corrected chi connectivity index (χ2v) is 8.56. The van der Waals surface area contributed by atoms with Crippen molar-refractivity contribution >= 4 is 41.2 Å². The third-order valence-electron chi connectivity index (χ3n) is 4.85. The smallest absolute Gasteiger partial charge is 0.321 e. The van der Waals surface area contributed by atoms with Crippen molar-refractivity contribution in [2.24, 2.45) is 5.92 Å². The molecule has 3 atom stereocenters. The number of carboxylic acids is 1. The van der Waals surface area contributed by atoms with E-state index >= 15 is 0 Å². The first kappa shape index (κ1) is 26.4. The van der Waals surface area contributed by atoms with E-state index in [1.54, 1.807) is 36.3 Å². The van der Waals surface area contributed by atoms with Gasteiger partial charge in [0.05, 0.1) is 29.9 Å². The van der Waals surface area contributed by atoms with Crippen LogP contribution in [0, 0.1) is 17.2 Å². The van der Waals surface area contributed by atoms with Crippen molar-refractivity contribution in [2.75, 3.05) is 50.7 Å². The minimum absolute atomic E-state index is 0.0566. The van der Waals surface area contributed by atoms with E-state index in [2.05, 4.69) is 15.6 Å². The Hall–Kier alpha value is -2.88. The zero-order chi connectivity index (χ0) is 24.2. The van der Waals surface area contributed by atoms with Gasteiger partial charge in [0.1, 0.15) is 24.2 Å². The molecule has 0 bridgehead atoms. The highest BCUT2D eigenvalue weighted by Crippen LogP contribution is 2.36. The van der Waals surface area contributed by atoms with Gasteiger partial charge in [0.2, 0.25) is 5.91 Å². The van der Waals surface area contributed by atoms with Gasteiger partial charge in [0, 0.05) is 26.6 Å². The summed E-state index contributed by atoms with van der Waals surface area (Å²) in [6.45, 7) is 3.37. The number of thioether (sulfide) groups is 1. The average molecular weight is 480 g/mol. The van der Waals surface area contributed by atoms with Crippen molar-refractivity contribution in [3.63, 3.8) is 0 Å². The van der Waals surface area contributed by atoms with Gasteiger partial charge in [-0.25, -0.2) is 4.98 Å². The molecule has 0 spiro atoms. The third kappa shape index (κ3) is 8.20. The first-order valence-electron chi connectivity index (χ1n) is 10.5. The van der Waals surface area contributed by atoms with Gasteiger partial charge in [0.25, 0.3) is 5.91 Å². The number of hydrogen-bond donors (Lipinski definition) is 3. The number of aliphatic carboxylic acids is 1. The van der Waals surface area contributed by atoms with E-state index in [4.69, 9.17) is 19.8 Å². The summed E-state index contributed by atoms with van der Waals surface area (Å²) in [5.74, 6) is -1.78. The van der Waals surface area contributed by atoms with Gasteiger partial charge in [-0.15, -0.1) is 11.8 Å². The fourth-order valence-electron chi connectivity index (χ4n) is 3.21. The molecule has 0 saturated carbocycles. The van der Waals surface area contributed by atoms with Crippen molar-refractivity contribution in [2.45, 2.75) is 30.4 Å². The monoisotopic (exact) mass is 479 g/mol. The predicted molar refractivity (Wildman–Crippen MR) is 123 cm³/mol. The Morgan fingerprint density at radius 2 is 2.12 bits per heavy atom. The molecule has 1 aliphatic heterocycles. The minimum Gasteiger partial charge on any atom is -0.480 e. The normalized spacial score (nSPS) is 18.6. The van der Waals surface area contributed by atoms with E-state index < -0.39 is 11.9 Å². The fourth-order valence-corrected chi connectivity index (χ4v) is 4.80. The van der Waals surface area contributed by atoms with Gasteiger partial charge in [-0.3, -0.25) is 14.4 Å². The highest BCUT2D eigenvalue weighted by molar-refractivity contribution is 8.01. The molecule has 3 N–H and O–H groups in total. The summed E-state index contributed by atoms with van der Waals surface area (Å²) < 4.78 is 10.0. The summed E-state index contributed by atoms with van der Waals surface area (Å²) in [5.41, 5.74) is 0. The molecule has 1 saturated heterocycles. The standard InChI is InChI=1S/C21H29N5O6S/c1-3-26-19(11-14(12-22)21(29)30)33-15(20(26)28)7-8-23-16-5-4-6-17(24-16)25-18(27)13-32-10-9-31-2/h4-6,14-15,19H,3,7-11,13H2,1-2H3,(H,29,30)(H2,23,24,25,27). The zero-order valence-corrected chi connectivity index (χ0v) is 19.5. The van der Waals surface area contributed by atoms with Crippen LogP contribution >= 0.6 is 11.8 Å². The molecule has 11 nitrogen and oxygen atoms in total. The van der Waals surface area contributed by atoms with Crippen LogP contribution in [0.2, 0.25) is 0 Å². The van der Waals surface area contributed by atoms with Gasteiger partial charge in [-0.1, -0.05) is 6.07 Å². The molecular weight excluding hydrogens is 450 g/mol. The van der Waals surface area contributed by atoms with Crippen molar-refractivity contribution < 1.29 is 29.0 Å². The number of amides is 2. The quantitative estimate of drug-likeness (QED) is 0.333. The maximum atomic E-state index is 12.7. The van der Waals surface area contributed by atoms with Crippen molar-refractivity contribution in [1.82, 2.24) is 9.88 Å². The molecule has 0 aliphatic carbocycles.